The fraction of sp³-hybridized carbons (Fsp3) is 0.400. The van der Waals surface area contributed by atoms with E-state index in [9.17, 15) is 14.4 Å². The Morgan fingerprint density at radius 1 is 0.868 bits per heavy atom. The first kappa shape index (κ1) is 27.3. The highest BCUT2D eigenvalue weighted by Crippen LogP contribution is 2.14. The average Bonchev–Trinajstić information content (AvgIpc) is 3.37. The number of carbonyl (C=O) groups excluding carboxylic acids is 3. The lowest BCUT2D eigenvalue weighted by Crippen LogP contribution is -2.55. The molecule has 1 fully saturated rings. The minimum atomic E-state index is -0.277. The molecule has 8 nitrogen and oxygen atoms in total. The SMILES string of the molecule is CC(C)(C)NC(=O)N1CCN(CCn2cnc(C(=O)CC(=O)c3cccc(Cc4ccccc4)c3)c2)CC1. The quantitative estimate of drug-likeness (QED) is 0.343. The number of Topliss-reactive ketones (excluding diaryl/α,β-unsaturated/α-hetero) is 2. The van der Waals surface area contributed by atoms with Crippen LogP contribution in [0.1, 0.15) is 59.2 Å². The Hall–Kier alpha value is -3.78. The van der Waals surface area contributed by atoms with Gasteiger partial charge in [0.1, 0.15) is 5.69 Å². The second kappa shape index (κ2) is 12.2. The van der Waals surface area contributed by atoms with Gasteiger partial charge in [-0.25, -0.2) is 9.78 Å². The van der Waals surface area contributed by atoms with E-state index in [4.69, 9.17) is 0 Å². The third-order valence-corrected chi connectivity index (χ3v) is 6.56. The number of amides is 2. The summed E-state index contributed by atoms with van der Waals surface area (Å²) in [6.45, 7) is 10.4. The van der Waals surface area contributed by atoms with Crippen LogP contribution in [-0.4, -0.2) is 75.2 Å². The van der Waals surface area contributed by atoms with Crippen molar-refractivity contribution in [2.24, 2.45) is 0 Å². The molecule has 1 N–H and O–H groups in total. The topological polar surface area (TPSA) is 87.5 Å². The smallest absolute Gasteiger partial charge is 0.317 e. The lowest BCUT2D eigenvalue weighted by Gasteiger charge is -2.36. The maximum atomic E-state index is 12.8. The molecular formula is C30H37N5O3. The number of nitrogens with zero attached hydrogens (tertiary/aromatic N) is 4. The van der Waals surface area contributed by atoms with Gasteiger partial charge in [0.25, 0.3) is 0 Å². The van der Waals surface area contributed by atoms with E-state index >= 15 is 0 Å². The van der Waals surface area contributed by atoms with Crippen LogP contribution >= 0.6 is 0 Å². The number of benzene rings is 2. The molecule has 3 aromatic rings. The Bertz CT molecular complexity index is 1250. The number of urea groups is 1. The summed E-state index contributed by atoms with van der Waals surface area (Å²) in [5, 5.41) is 3.01. The number of imidazole rings is 1. The first-order chi connectivity index (χ1) is 18.2. The summed E-state index contributed by atoms with van der Waals surface area (Å²) in [6, 6.07) is 17.6. The third kappa shape index (κ3) is 7.86. The molecule has 0 saturated carbocycles. The highest BCUT2D eigenvalue weighted by molar-refractivity contribution is 6.12. The molecule has 1 saturated heterocycles. The van der Waals surface area contributed by atoms with Crippen molar-refractivity contribution in [2.45, 2.75) is 45.7 Å². The van der Waals surface area contributed by atoms with E-state index in [0.29, 0.717) is 30.9 Å². The van der Waals surface area contributed by atoms with Crippen LogP contribution in [-0.2, 0) is 13.0 Å². The molecule has 200 valence electrons. The predicted octanol–water partition coefficient (Wildman–Crippen LogP) is 4.06. The average molecular weight is 516 g/mol. The zero-order valence-electron chi connectivity index (χ0n) is 22.5. The molecular weight excluding hydrogens is 478 g/mol. The number of hydrogen-bond donors (Lipinski definition) is 1. The lowest BCUT2D eigenvalue weighted by molar-refractivity contribution is 0.0891. The normalized spacial score (nSPS) is 14.3. The Morgan fingerprint density at radius 3 is 2.29 bits per heavy atom. The fourth-order valence-corrected chi connectivity index (χ4v) is 4.48. The van der Waals surface area contributed by atoms with E-state index in [1.54, 1.807) is 18.6 Å². The van der Waals surface area contributed by atoms with Crippen molar-refractivity contribution in [2.75, 3.05) is 32.7 Å². The predicted molar refractivity (Wildman–Crippen MR) is 147 cm³/mol. The highest BCUT2D eigenvalue weighted by Gasteiger charge is 2.24. The van der Waals surface area contributed by atoms with Crippen LogP contribution < -0.4 is 5.32 Å². The van der Waals surface area contributed by atoms with Gasteiger partial charge in [-0.15, -0.1) is 0 Å². The van der Waals surface area contributed by atoms with Crippen LogP contribution in [0.5, 0.6) is 0 Å². The Morgan fingerprint density at radius 2 is 1.58 bits per heavy atom. The summed E-state index contributed by atoms with van der Waals surface area (Å²) in [5.74, 6) is -0.478. The molecule has 2 aromatic carbocycles. The van der Waals surface area contributed by atoms with Gasteiger partial charge in [-0.05, 0) is 44.4 Å². The molecule has 1 aromatic heterocycles. The number of nitrogens with one attached hydrogen (secondary N) is 1. The second-order valence-corrected chi connectivity index (χ2v) is 10.9. The maximum absolute atomic E-state index is 12.8. The summed E-state index contributed by atoms with van der Waals surface area (Å²) in [7, 11) is 0. The van der Waals surface area contributed by atoms with Crippen molar-refractivity contribution < 1.29 is 14.4 Å². The molecule has 1 aliphatic rings. The van der Waals surface area contributed by atoms with Crippen molar-refractivity contribution in [3.05, 3.63) is 89.5 Å². The summed E-state index contributed by atoms with van der Waals surface area (Å²) in [4.78, 5) is 46.4. The lowest BCUT2D eigenvalue weighted by atomic mass is 9.99. The van der Waals surface area contributed by atoms with E-state index in [1.165, 1.54) is 5.56 Å². The number of aromatic nitrogens is 2. The molecule has 0 bridgehead atoms. The number of piperazine rings is 1. The van der Waals surface area contributed by atoms with Crippen molar-refractivity contribution in [3.63, 3.8) is 0 Å². The molecule has 8 heteroatoms. The zero-order chi connectivity index (χ0) is 27.1. The molecule has 0 radical (unpaired) electrons. The van der Waals surface area contributed by atoms with Gasteiger partial charge in [0.15, 0.2) is 11.6 Å². The molecule has 2 heterocycles. The van der Waals surface area contributed by atoms with Crippen molar-refractivity contribution in [3.8, 4) is 0 Å². The van der Waals surface area contributed by atoms with Crippen LogP contribution in [0.2, 0.25) is 0 Å². The van der Waals surface area contributed by atoms with Gasteiger partial charge in [-0.1, -0.05) is 48.5 Å². The van der Waals surface area contributed by atoms with Crippen molar-refractivity contribution in [1.29, 1.82) is 0 Å². The minimum absolute atomic E-state index is 0.0209. The summed E-state index contributed by atoms with van der Waals surface area (Å²) >= 11 is 0. The largest absolute Gasteiger partial charge is 0.335 e. The number of rotatable bonds is 9. The van der Waals surface area contributed by atoms with Gasteiger partial charge >= 0.3 is 6.03 Å². The second-order valence-electron chi connectivity index (χ2n) is 10.9. The zero-order valence-corrected chi connectivity index (χ0v) is 22.5. The number of ketones is 2. The first-order valence-corrected chi connectivity index (χ1v) is 13.2. The minimum Gasteiger partial charge on any atom is -0.335 e. The van der Waals surface area contributed by atoms with E-state index in [-0.39, 0.29) is 29.6 Å². The van der Waals surface area contributed by atoms with Gasteiger partial charge in [-0.3, -0.25) is 14.5 Å². The molecule has 0 atom stereocenters. The van der Waals surface area contributed by atoms with E-state index in [0.717, 1.165) is 31.6 Å². The number of hydrogen-bond acceptors (Lipinski definition) is 5. The molecule has 1 aliphatic heterocycles. The van der Waals surface area contributed by atoms with Crippen LogP contribution in [0.15, 0.2) is 67.1 Å². The fourth-order valence-electron chi connectivity index (χ4n) is 4.48. The molecule has 38 heavy (non-hydrogen) atoms. The Kier molecular flexibility index (Phi) is 8.73. The van der Waals surface area contributed by atoms with E-state index in [1.807, 2.05) is 66.6 Å². The molecule has 2 amide bonds. The van der Waals surface area contributed by atoms with Gasteiger partial charge in [-0.2, -0.15) is 0 Å². The van der Waals surface area contributed by atoms with Crippen molar-refractivity contribution in [1.82, 2.24) is 24.7 Å². The molecule has 0 unspecified atom stereocenters. The summed E-state index contributed by atoms with van der Waals surface area (Å²) in [5.41, 5.74) is 2.81. The van der Waals surface area contributed by atoms with Gasteiger partial charge in [0, 0.05) is 56.6 Å². The van der Waals surface area contributed by atoms with E-state index in [2.05, 4.69) is 27.3 Å². The monoisotopic (exact) mass is 515 g/mol. The van der Waals surface area contributed by atoms with Crippen LogP contribution in [0.25, 0.3) is 0 Å². The first-order valence-electron chi connectivity index (χ1n) is 13.2. The summed E-state index contributed by atoms with van der Waals surface area (Å²) < 4.78 is 1.89. The van der Waals surface area contributed by atoms with Crippen molar-refractivity contribution >= 4 is 17.6 Å². The van der Waals surface area contributed by atoms with Crippen LogP contribution in [0.3, 0.4) is 0 Å². The highest BCUT2D eigenvalue weighted by atomic mass is 16.2. The molecule has 0 spiro atoms. The van der Waals surface area contributed by atoms with Crippen LogP contribution in [0, 0.1) is 0 Å². The molecule has 4 rings (SSSR count). The standard InChI is InChI=1S/C30H37N5O3/c1-30(2,3)32-29(38)35-16-14-33(15-17-35)12-13-34-21-26(31-22-34)28(37)20-27(36)25-11-7-10-24(19-25)18-23-8-5-4-6-9-23/h4-11,19,21-22H,12-18,20H2,1-3H3,(H,32,38). The van der Waals surface area contributed by atoms with Gasteiger partial charge in [0.2, 0.25) is 0 Å². The molecule has 0 aliphatic carbocycles. The Labute approximate surface area is 224 Å². The maximum Gasteiger partial charge on any atom is 0.317 e. The Balaban J connectivity index is 1.24. The van der Waals surface area contributed by atoms with Gasteiger partial charge < -0.3 is 14.8 Å². The summed E-state index contributed by atoms with van der Waals surface area (Å²) in [6.07, 6.45) is 3.89. The van der Waals surface area contributed by atoms with Gasteiger partial charge in [0.05, 0.1) is 12.7 Å². The number of carbonyl (C=O) groups is 3. The third-order valence-electron chi connectivity index (χ3n) is 6.56. The van der Waals surface area contributed by atoms with Crippen LogP contribution in [0.4, 0.5) is 4.79 Å². The van der Waals surface area contributed by atoms with E-state index < -0.39 is 0 Å².